The average Bonchev–Trinajstić information content (AvgIpc) is 3.32. The van der Waals surface area contributed by atoms with Crippen LogP contribution in [-0.2, 0) is 22.4 Å². The molecule has 0 aliphatic heterocycles. The Labute approximate surface area is 227 Å². The van der Waals surface area contributed by atoms with Crippen molar-refractivity contribution in [1.82, 2.24) is 10.2 Å². The second-order valence-electron chi connectivity index (χ2n) is 7.78. The van der Waals surface area contributed by atoms with Crippen molar-refractivity contribution in [3.05, 3.63) is 76.8 Å². The molecule has 3 rings (SSSR count). The molecule has 2 amide bonds. The fourth-order valence-corrected chi connectivity index (χ4v) is 5.68. The molecule has 0 fully saturated rings. The van der Waals surface area contributed by atoms with Crippen molar-refractivity contribution in [2.75, 3.05) is 23.4 Å². The minimum atomic E-state index is -0.668. The van der Waals surface area contributed by atoms with E-state index in [2.05, 4.69) is 20.5 Å². The molecule has 0 aliphatic carbocycles. The van der Waals surface area contributed by atoms with Gasteiger partial charge >= 0.3 is 0 Å². The van der Waals surface area contributed by atoms with Gasteiger partial charge in [0.1, 0.15) is 5.01 Å². The molecule has 1 heterocycles. The summed E-state index contributed by atoms with van der Waals surface area (Å²) in [7, 11) is 0. The van der Waals surface area contributed by atoms with Crippen molar-refractivity contribution in [2.24, 2.45) is 10.7 Å². The SMILES string of the molecule is N=C(CCSCCc1nnc(NC(=O)C(CO)c2ccccc2)s1)SC(N)=NC(=O)Cc1ccccc1. The molecule has 5 N–H and O–H groups in total. The zero-order valence-electron chi connectivity index (χ0n) is 20.0. The second-order valence-corrected chi connectivity index (χ2v) is 11.2. The highest BCUT2D eigenvalue weighted by Crippen LogP contribution is 2.21. The lowest BCUT2D eigenvalue weighted by atomic mass is 9.99. The van der Waals surface area contributed by atoms with Gasteiger partial charge < -0.3 is 10.8 Å². The summed E-state index contributed by atoms with van der Waals surface area (Å²) in [5, 5.41) is 30.2. The number of thioether (sulfide) groups is 2. The number of aryl methyl sites for hydroxylation is 1. The number of aliphatic hydroxyl groups excluding tert-OH is 1. The Morgan fingerprint density at radius 1 is 1.08 bits per heavy atom. The molecule has 1 aromatic heterocycles. The standard InChI is InChI=1S/C25H28N6O3S3/c26-20(36-24(27)28-21(33)15-17-7-3-1-4-8-17)11-13-35-14-12-22-30-31-25(37-22)29-23(34)19(16-32)18-9-5-2-6-10-18/h1-10,19,26,32H,11-16H2,(H2,27,28,33)(H,29,31,34). The number of aliphatic imine (C=N–C) groups is 1. The first-order valence-electron chi connectivity index (χ1n) is 11.5. The Bertz CT molecular complexity index is 1200. The van der Waals surface area contributed by atoms with Crippen molar-refractivity contribution in [1.29, 1.82) is 5.41 Å². The number of aromatic nitrogens is 2. The largest absolute Gasteiger partial charge is 0.395 e. The summed E-state index contributed by atoms with van der Waals surface area (Å²) in [6.07, 6.45) is 1.37. The number of carbonyl (C=O) groups excluding carboxylic acids is 2. The number of rotatable bonds is 12. The van der Waals surface area contributed by atoms with E-state index < -0.39 is 5.92 Å². The van der Waals surface area contributed by atoms with E-state index in [1.54, 1.807) is 23.9 Å². The van der Waals surface area contributed by atoms with Crippen molar-refractivity contribution in [2.45, 2.75) is 25.2 Å². The Morgan fingerprint density at radius 2 is 1.78 bits per heavy atom. The maximum absolute atomic E-state index is 12.5. The summed E-state index contributed by atoms with van der Waals surface area (Å²) < 4.78 is 0. The lowest BCUT2D eigenvalue weighted by molar-refractivity contribution is -0.118. The third kappa shape index (κ3) is 10.1. The number of nitrogens with two attached hydrogens (primary N) is 1. The van der Waals surface area contributed by atoms with Crippen LogP contribution in [0.1, 0.15) is 28.5 Å². The third-order valence-corrected chi connectivity index (χ3v) is 7.63. The number of amidine groups is 1. The molecule has 1 atom stereocenters. The van der Waals surface area contributed by atoms with Crippen LogP contribution in [0.15, 0.2) is 65.7 Å². The molecule has 9 nitrogen and oxygen atoms in total. The Hall–Kier alpha value is -3.06. The average molecular weight is 557 g/mol. The predicted molar refractivity (Wildman–Crippen MR) is 153 cm³/mol. The summed E-state index contributed by atoms with van der Waals surface area (Å²) >= 11 is 3.97. The molecule has 0 bridgehead atoms. The van der Waals surface area contributed by atoms with E-state index in [1.807, 2.05) is 48.5 Å². The van der Waals surface area contributed by atoms with E-state index in [-0.39, 0.29) is 30.0 Å². The first-order valence-corrected chi connectivity index (χ1v) is 14.3. The van der Waals surface area contributed by atoms with Gasteiger partial charge in [-0.2, -0.15) is 16.8 Å². The molecular formula is C25H28N6O3S3. The first-order chi connectivity index (χ1) is 17.9. The van der Waals surface area contributed by atoms with Crippen LogP contribution >= 0.6 is 34.9 Å². The number of hydrogen-bond donors (Lipinski definition) is 4. The van der Waals surface area contributed by atoms with Crippen molar-refractivity contribution < 1.29 is 14.7 Å². The monoisotopic (exact) mass is 556 g/mol. The van der Waals surface area contributed by atoms with Crippen molar-refractivity contribution in [3.8, 4) is 0 Å². The number of nitrogens with one attached hydrogen (secondary N) is 2. The van der Waals surface area contributed by atoms with Gasteiger partial charge in [-0.3, -0.25) is 20.3 Å². The quantitative estimate of drug-likeness (QED) is 0.150. The molecule has 12 heteroatoms. The van der Waals surface area contributed by atoms with Crippen molar-refractivity contribution in [3.63, 3.8) is 0 Å². The molecule has 3 aromatic rings. The smallest absolute Gasteiger partial charge is 0.252 e. The van der Waals surface area contributed by atoms with Crippen LogP contribution in [0.25, 0.3) is 0 Å². The molecule has 1 unspecified atom stereocenters. The van der Waals surface area contributed by atoms with Gasteiger partial charge in [-0.25, -0.2) is 0 Å². The number of amides is 2. The zero-order valence-corrected chi connectivity index (χ0v) is 22.5. The van der Waals surface area contributed by atoms with Gasteiger partial charge in [-0.05, 0) is 34.4 Å². The molecule has 0 saturated carbocycles. The Kier molecular flexibility index (Phi) is 11.8. The molecule has 194 valence electrons. The number of nitrogens with zero attached hydrogens (tertiary/aromatic N) is 3. The molecule has 0 spiro atoms. The molecule has 0 aliphatic rings. The van der Waals surface area contributed by atoms with Crippen LogP contribution in [0, 0.1) is 5.41 Å². The zero-order chi connectivity index (χ0) is 26.5. The molecule has 0 saturated heterocycles. The highest BCUT2D eigenvalue weighted by molar-refractivity contribution is 8.26. The lowest BCUT2D eigenvalue weighted by Crippen LogP contribution is -2.23. The van der Waals surface area contributed by atoms with Gasteiger partial charge in [0.25, 0.3) is 5.91 Å². The number of aliphatic hydroxyl groups is 1. The summed E-state index contributed by atoms with van der Waals surface area (Å²) in [5.74, 6) is 0.167. The van der Waals surface area contributed by atoms with E-state index >= 15 is 0 Å². The normalized spacial score (nSPS) is 12.2. The van der Waals surface area contributed by atoms with E-state index in [4.69, 9.17) is 11.1 Å². The highest BCUT2D eigenvalue weighted by atomic mass is 32.2. The summed E-state index contributed by atoms with van der Waals surface area (Å²) in [6.45, 7) is -0.299. The van der Waals surface area contributed by atoms with Crippen LogP contribution in [0.4, 0.5) is 5.13 Å². The Morgan fingerprint density at radius 3 is 2.49 bits per heavy atom. The van der Waals surface area contributed by atoms with E-state index in [9.17, 15) is 14.7 Å². The molecule has 2 aromatic carbocycles. The van der Waals surface area contributed by atoms with Gasteiger partial charge in [0, 0.05) is 12.8 Å². The number of benzene rings is 2. The minimum absolute atomic E-state index is 0.0788. The van der Waals surface area contributed by atoms with Crippen LogP contribution in [0.5, 0.6) is 0 Å². The van der Waals surface area contributed by atoms with Gasteiger partial charge in [-0.15, -0.1) is 10.2 Å². The summed E-state index contributed by atoms with van der Waals surface area (Å²) in [6, 6.07) is 18.4. The number of carbonyl (C=O) groups is 2. The highest BCUT2D eigenvalue weighted by Gasteiger charge is 2.21. The van der Waals surface area contributed by atoms with Crippen LogP contribution in [-0.4, -0.2) is 55.4 Å². The van der Waals surface area contributed by atoms with Gasteiger partial charge in [0.2, 0.25) is 11.0 Å². The Balaban J connectivity index is 1.33. The van der Waals surface area contributed by atoms with Gasteiger partial charge in [0.05, 0.1) is 24.0 Å². The molecule has 0 radical (unpaired) electrons. The van der Waals surface area contributed by atoms with E-state index in [0.29, 0.717) is 28.8 Å². The van der Waals surface area contributed by atoms with Crippen molar-refractivity contribution >= 4 is 62.0 Å². The molecular weight excluding hydrogens is 529 g/mol. The topological polar surface area (TPSA) is 154 Å². The summed E-state index contributed by atoms with van der Waals surface area (Å²) in [5.41, 5.74) is 7.42. The predicted octanol–water partition coefficient (Wildman–Crippen LogP) is 3.71. The summed E-state index contributed by atoms with van der Waals surface area (Å²) in [4.78, 5) is 28.4. The van der Waals surface area contributed by atoms with Crippen LogP contribution < -0.4 is 11.1 Å². The van der Waals surface area contributed by atoms with E-state index in [1.165, 1.54) is 11.3 Å². The van der Waals surface area contributed by atoms with E-state index in [0.717, 1.165) is 33.6 Å². The maximum atomic E-state index is 12.5. The lowest BCUT2D eigenvalue weighted by Gasteiger charge is -2.13. The maximum Gasteiger partial charge on any atom is 0.252 e. The second kappa shape index (κ2) is 15.3. The van der Waals surface area contributed by atoms with Gasteiger partial charge in [-0.1, -0.05) is 72.0 Å². The number of anilines is 1. The fraction of sp³-hybridized carbons (Fsp3) is 0.280. The fourth-order valence-electron chi connectivity index (χ4n) is 3.18. The van der Waals surface area contributed by atoms with Crippen LogP contribution in [0.3, 0.4) is 0 Å². The minimum Gasteiger partial charge on any atom is -0.395 e. The first kappa shape index (κ1) is 28.5. The third-order valence-electron chi connectivity index (χ3n) is 4.99. The number of hydrogen-bond acceptors (Lipinski definition) is 9. The van der Waals surface area contributed by atoms with Gasteiger partial charge in [0.15, 0.2) is 5.17 Å². The molecule has 37 heavy (non-hydrogen) atoms. The van der Waals surface area contributed by atoms with Crippen LogP contribution in [0.2, 0.25) is 0 Å².